The number of β-amino-alcohol motifs (C(OH)–C–C–N with tert-alkyl or cyclic N) is 1. The van der Waals surface area contributed by atoms with Gasteiger partial charge >= 0.3 is 0 Å². The Morgan fingerprint density at radius 1 is 1.07 bits per heavy atom. The van der Waals surface area contributed by atoms with Crippen LogP contribution in [0.15, 0.2) is 60.9 Å². The number of fused-ring (bicyclic) bond motifs is 1. The number of hydrogen-bond donors (Lipinski definition) is 2. The maximum atomic E-state index is 12.7. The number of H-pyrrole nitrogens is 1. The van der Waals surface area contributed by atoms with E-state index in [0.29, 0.717) is 41.9 Å². The number of rotatable bonds is 5. The zero-order valence-electron chi connectivity index (χ0n) is 15.3. The largest absolute Gasteiger partial charge is 0.436 e. The molecule has 0 atom stereocenters. The molecule has 0 radical (unpaired) electrons. The maximum Gasteiger partial charge on any atom is 0.263 e. The summed E-state index contributed by atoms with van der Waals surface area (Å²) in [6.07, 6.45) is 2.78. The average molecular weight is 387 g/mol. The molecule has 2 N–H and O–H groups in total. The molecule has 5 rings (SSSR count). The quantitative estimate of drug-likeness (QED) is 0.507. The number of aromatic nitrogens is 4. The molecular weight excluding hydrogens is 370 g/mol. The molecule has 0 spiro atoms. The van der Waals surface area contributed by atoms with Gasteiger partial charge in [-0.15, -0.1) is 0 Å². The van der Waals surface area contributed by atoms with Crippen LogP contribution in [0.3, 0.4) is 0 Å². The van der Waals surface area contributed by atoms with Crippen molar-refractivity contribution in [1.82, 2.24) is 19.9 Å². The van der Waals surface area contributed by atoms with Gasteiger partial charge < -0.3 is 19.7 Å². The molecule has 0 amide bonds. The van der Waals surface area contributed by atoms with Gasteiger partial charge in [0.2, 0.25) is 5.78 Å². The fourth-order valence-corrected chi connectivity index (χ4v) is 3.22. The molecule has 2 aromatic carbocycles. The fourth-order valence-electron chi connectivity index (χ4n) is 3.22. The van der Waals surface area contributed by atoms with Gasteiger partial charge in [-0.3, -0.25) is 4.79 Å². The van der Waals surface area contributed by atoms with Crippen molar-refractivity contribution < 1.29 is 14.6 Å². The number of nitrogens with one attached hydrogen (secondary N) is 1. The number of benzene rings is 2. The predicted molar refractivity (Wildman–Crippen MR) is 106 cm³/mol. The normalized spacial score (nSPS) is 14.0. The molecule has 2 aromatic heterocycles. The lowest BCUT2D eigenvalue weighted by atomic mass is 10.1. The Hall–Kier alpha value is -3.78. The van der Waals surface area contributed by atoms with E-state index in [-0.39, 0.29) is 11.9 Å². The summed E-state index contributed by atoms with van der Waals surface area (Å²) in [5.41, 5.74) is 2.07. The molecular formula is C21H17N5O3. The van der Waals surface area contributed by atoms with Crippen molar-refractivity contribution in [3.63, 3.8) is 0 Å². The molecule has 29 heavy (non-hydrogen) atoms. The first-order chi connectivity index (χ1) is 14.2. The number of anilines is 1. The Balaban J connectivity index is 1.35. The zero-order chi connectivity index (χ0) is 19.8. The first kappa shape index (κ1) is 17.3. The molecule has 144 valence electrons. The van der Waals surface area contributed by atoms with Gasteiger partial charge in [-0.05, 0) is 36.4 Å². The molecule has 3 heterocycles. The van der Waals surface area contributed by atoms with E-state index in [1.807, 2.05) is 29.2 Å². The maximum absolute atomic E-state index is 12.7. The highest BCUT2D eigenvalue weighted by Gasteiger charge is 2.28. The van der Waals surface area contributed by atoms with Crippen molar-refractivity contribution in [3.8, 4) is 11.6 Å². The number of para-hydroxylation sites is 2. The van der Waals surface area contributed by atoms with Gasteiger partial charge in [-0.25, -0.2) is 15.0 Å². The number of carbonyl (C=O) groups is 1. The Morgan fingerprint density at radius 2 is 1.83 bits per heavy atom. The van der Waals surface area contributed by atoms with Gasteiger partial charge in [-0.2, -0.15) is 0 Å². The zero-order valence-corrected chi connectivity index (χ0v) is 15.3. The number of aliphatic hydroxyl groups excluding tert-OH is 1. The SMILES string of the molecule is O=C(c1ccc(Oc2nccnc2N2CC(O)C2)cc1)c1nc2ccccc2[nH]1. The van der Waals surface area contributed by atoms with Gasteiger partial charge in [0, 0.05) is 31.0 Å². The monoisotopic (exact) mass is 387 g/mol. The molecule has 0 saturated carbocycles. The van der Waals surface area contributed by atoms with Crippen LogP contribution in [-0.2, 0) is 0 Å². The summed E-state index contributed by atoms with van der Waals surface area (Å²) < 4.78 is 5.86. The van der Waals surface area contributed by atoms with Crippen LogP contribution in [0.4, 0.5) is 5.82 Å². The fraction of sp³-hybridized carbons (Fsp3) is 0.143. The molecule has 1 aliphatic heterocycles. The predicted octanol–water partition coefficient (Wildman–Crippen LogP) is 2.56. The van der Waals surface area contributed by atoms with Crippen molar-refractivity contribution in [2.24, 2.45) is 0 Å². The summed E-state index contributed by atoms with van der Waals surface area (Å²) in [4.78, 5) is 30.6. The van der Waals surface area contributed by atoms with Crippen LogP contribution in [0.1, 0.15) is 16.2 Å². The topological polar surface area (TPSA) is 104 Å². The number of hydrogen-bond acceptors (Lipinski definition) is 7. The van der Waals surface area contributed by atoms with E-state index in [4.69, 9.17) is 4.74 Å². The third-order valence-corrected chi connectivity index (χ3v) is 4.74. The van der Waals surface area contributed by atoms with Crippen molar-refractivity contribution >= 4 is 22.6 Å². The van der Waals surface area contributed by atoms with Crippen LogP contribution in [-0.4, -0.2) is 50.0 Å². The average Bonchev–Trinajstić information content (AvgIpc) is 3.16. The summed E-state index contributed by atoms with van der Waals surface area (Å²) in [5.74, 6) is 1.58. The third-order valence-electron chi connectivity index (χ3n) is 4.74. The number of ether oxygens (including phenoxy) is 1. The highest BCUT2D eigenvalue weighted by molar-refractivity contribution is 6.08. The molecule has 8 nitrogen and oxygen atoms in total. The standard InChI is InChI=1S/C21H17N5O3/c27-14-11-26(12-14)20-21(23-10-9-22-20)29-15-7-5-13(6-8-15)18(28)19-24-16-3-1-2-4-17(16)25-19/h1-10,14,27H,11-12H2,(H,24,25). The smallest absolute Gasteiger partial charge is 0.263 e. The van der Waals surface area contributed by atoms with Crippen LogP contribution in [0.5, 0.6) is 11.6 Å². The Kier molecular flexibility index (Phi) is 4.18. The summed E-state index contributed by atoms with van der Waals surface area (Å²) in [6.45, 7) is 1.000. The molecule has 0 bridgehead atoms. The molecule has 4 aromatic rings. The van der Waals surface area contributed by atoms with Gasteiger partial charge in [0.25, 0.3) is 5.88 Å². The summed E-state index contributed by atoms with van der Waals surface area (Å²) in [7, 11) is 0. The van der Waals surface area contributed by atoms with Crippen LogP contribution < -0.4 is 9.64 Å². The lowest BCUT2D eigenvalue weighted by Crippen LogP contribution is -2.51. The minimum atomic E-state index is -0.353. The van der Waals surface area contributed by atoms with Crippen molar-refractivity contribution in [3.05, 3.63) is 72.3 Å². The minimum absolute atomic E-state index is 0.192. The Labute approximate surface area is 165 Å². The van der Waals surface area contributed by atoms with E-state index in [1.54, 1.807) is 36.7 Å². The van der Waals surface area contributed by atoms with Crippen LogP contribution in [0.2, 0.25) is 0 Å². The molecule has 1 fully saturated rings. The number of aliphatic hydroxyl groups is 1. The summed E-state index contributed by atoms with van der Waals surface area (Å²) >= 11 is 0. The van der Waals surface area contributed by atoms with E-state index in [0.717, 1.165) is 11.0 Å². The number of nitrogens with zero attached hydrogens (tertiary/aromatic N) is 4. The van der Waals surface area contributed by atoms with E-state index < -0.39 is 0 Å². The van der Waals surface area contributed by atoms with Crippen LogP contribution in [0.25, 0.3) is 11.0 Å². The second-order valence-electron chi connectivity index (χ2n) is 6.80. The van der Waals surface area contributed by atoms with E-state index in [9.17, 15) is 9.90 Å². The number of ketones is 1. The molecule has 1 saturated heterocycles. The second-order valence-corrected chi connectivity index (χ2v) is 6.80. The molecule has 0 unspecified atom stereocenters. The van der Waals surface area contributed by atoms with Gasteiger partial charge in [0.05, 0.1) is 17.1 Å². The van der Waals surface area contributed by atoms with E-state index in [2.05, 4.69) is 19.9 Å². The molecule has 1 aliphatic rings. The summed E-state index contributed by atoms with van der Waals surface area (Å²) in [6, 6.07) is 14.3. The van der Waals surface area contributed by atoms with Crippen LogP contribution >= 0.6 is 0 Å². The number of aromatic amines is 1. The third kappa shape index (κ3) is 3.30. The highest BCUT2D eigenvalue weighted by atomic mass is 16.5. The van der Waals surface area contributed by atoms with Gasteiger partial charge in [0.15, 0.2) is 11.6 Å². The second kappa shape index (κ2) is 6.99. The number of imidazole rings is 1. The van der Waals surface area contributed by atoms with Gasteiger partial charge in [0.1, 0.15) is 5.75 Å². The van der Waals surface area contributed by atoms with Crippen molar-refractivity contribution in [1.29, 1.82) is 0 Å². The first-order valence-corrected chi connectivity index (χ1v) is 9.19. The molecule has 8 heteroatoms. The Bertz CT molecular complexity index is 1150. The van der Waals surface area contributed by atoms with E-state index >= 15 is 0 Å². The van der Waals surface area contributed by atoms with Crippen LogP contribution in [0, 0.1) is 0 Å². The lowest BCUT2D eigenvalue weighted by molar-refractivity contribution is 0.103. The first-order valence-electron chi connectivity index (χ1n) is 9.19. The van der Waals surface area contributed by atoms with Crippen molar-refractivity contribution in [2.75, 3.05) is 18.0 Å². The van der Waals surface area contributed by atoms with E-state index in [1.165, 1.54) is 0 Å². The lowest BCUT2D eigenvalue weighted by Gasteiger charge is -2.36. The highest BCUT2D eigenvalue weighted by Crippen LogP contribution is 2.30. The van der Waals surface area contributed by atoms with Crippen molar-refractivity contribution in [2.45, 2.75) is 6.10 Å². The summed E-state index contributed by atoms with van der Waals surface area (Å²) in [5, 5.41) is 9.51. The Morgan fingerprint density at radius 3 is 2.59 bits per heavy atom. The minimum Gasteiger partial charge on any atom is -0.436 e. The molecule has 0 aliphatic carbocycles. The number of carbonyl (C=O) groups excluding carboxylic acids is 1. The van der Waals surface area contributed by atoms with Gasteiger partial charge in [-0.1, -0.05) is 12.1 Å².